The smallest absolute Gasteiger partial charge is 0.326 e. The van der Waals surface area contributed by atoms with E-state index in [4.69, 9.17) is 5.73 Å². The zero-order chi connectivity index (χ0) is 29.1. The molecule has 40 heavy (non-hydrogen) atoms. The van der Waals surface area contributed by atoms with Crippen LogP contribution in [0.2, 0.25) is 0 Å². The number of amides is 3. The van der Waals surface area contributed by atoms with Gasteiger partial charge in [-0.3, -0.25) is 19.2 Å². The lowest BCUT2D eigenvalue weighted by atomic mass is 10.0. The lowest BCUT2D eigenvalue weighted by Crippen LogP contribution is -2.58. The van der Waals surface area contributed by atoms with Crippen LogP contribution in [-0.4, -0.2) is 84.0 Å². The molecule has 3 aromatic rings. The molecule has 2 aromatic heterocycles. The summed E-state index contributed by atoms with van der Waals surface area (Å²) in [7, 11) is 0. The summed E-state index contributed by atoms with van der Waals surface area (Å²) in [6.45, 7) is 0. The molecule has 0 bridgehead atoms. The van der Waals surface area contributed by atoms with E-state index in [1.165, 1.54) is 25.0 Å². The van der Waals surface area contributed by atoms with Crippen LogP contribution in [0.3, 0.4) is 0 Å². The van der Waals surface area contributed by atoms with Crippen molar-refractivity contribution < 1.29 is 34.2 Å². The molecule has 3 amide bonds. The number of rotatable bonds is 15. The van der Waals surface area contributed by atoms with E-state index in [0.717, 1.165) is 0 Å². The largest absolute Gasteiger partial charge is 0.481 e. The van der Waals surface area contributed by atoms with Crippen molar-refractivity contribution in [3.8, 4) is 0 Å². The number of imidazole rings is 2. The van der Waals surface area contributed by atoms with Gasteiger partial charge in [0.1, 0.15) is 18.1 Å². The number of aromatic amines is 2. The number of nitrogens with zero attached hydrogens (tertiary/aromatic N) is 2. The van der Waals surface area contributed by atoms with Gasteiger partial charge in [0, 0.05) is 43.0 Å². The monoisotopic (exact) mass is 554 g/mol. The lowest BCUT2D eigenvalue weighted by molar-refractivity contribution is -0.143. The number of hydrogen-bond donors (Lipinski definition) is 8. The molecule has 0 aliphatic heterocycles. The van der Waals surface area contributed by atoms with Crippen LogP contribution in [0, 0.1) is 0 Å². The number of aliphatic carboxylic acids is 2. The molecule has 3 rings (SSSR count). The molecule has 1 aromatic carbocycles. The zero-order valence-electron chi connectivity index (χ0n) is 21.2. The highest BCUT2D eigenvalue weighted by molar-refractivity contribution is 5.95. The molecule has 4 atom stereocenters. The van der Waals surface area contributed by atoms with Gasteiger partial charge in [-0.05, 0) is 5.56 Å². The van der Waals surface area contributed by atoms with Crippen LogP contribution in [0.4, 0.5) is 0 Å². The Morgan fingerprint density at radius 1 is 0.750 bits per heavy atom. The number of carboxylic acids is 2. The fourth-order valence-corrected chi connectivity index (χ4v) is 3.81. The molecule has 4 unspecified atom stereocenters. The normalized spacial score (nSPS) is 13.8. The molecule has 0 saturated heterocycles. The minimum absolute atomic E-state index is 0.0671. The van der Waals surface area contributed by atoms with E-state index < -0.39 is 60.2 Å². The maximum Gasteiger partial charge on any atom is 0.326 e. The molecular weight excluding hydrogens is 524 g/mol. The third-order valence-electron chi connectivity index (χ3n) is 5.85. The summed E-state index contributed by atoms with van der Waals surface area (Å²) in [5.74, 6) is -5.32. The topological polar surface area (TPSA) is 245 Å². The van der Waals surface area contributed by atoms with E-state index in [1.54, 1.807) is 30.3 Å². The van der Waals surface area contributed by atoms with Crippen molar-refractivity contribution in [1.29, 1.82) is 0 Å². The van der Waals surface area contributed by atoms with Crippen molar-refractivity contribution in [2.24, 2.45) is 5.73 Å². The summed E-state index contributed by atoms with van der Waals surface area (Å²) in [4.78, 5) is 75.7. The third-order valence-corrected chi connectivity index (χ3v) is 5.85. The Kier molecular flexibility index (Phi) is 10.5. The van der Waals surface area contributed by atoms with Crippen LogP contribution in [0.5, 0.6) is 0 Å². The molecule has 2 heterocycles. The SMILES string of the molecule is NC(Cc1cnc[nH]1)C(=O)NC(Cc1cnc[nH]1)C(=O)NC(CC(=O)O)C(=O)NC(Cc1ccccc1)C(=O)O. The number of carbonyl (C=O) groups is 5. The van der Waals surface area contributed by atoms with E-state index in [1.807, 2.05) is 0 Å². The predicted molar refractivity (Wildman–Crippen MR) is 138 cm³/mol. The number of hydrogen-bond acceptors (Lipinski definition) is 8. The third kappa shape index (κ3) is 9.05. The molecular formula is C25H30N8O7. The fraction of sp³-hybridized carbons (Fsp3) is 0.320. The van der Waals surface area contributed by atoms with Crippen LogP contribution in [0.15, 0.2) is 55.4 Å². The molecule has 9 N–H and O–H groups in total. The zero-order valence-corrected chi connectivity index (χ0v) is 21.2. The Bertz CT molecular complexity index is 1280. The van der Waals surface area contributed by atoms with Gasteiger partial charge in [-0.15, -0.1) is 0 Å². The number of benzene rings is 1. The second-order valence-corrected chi connectivity index (χ2v) is 8.98. The first-order valence-corrected chi connectivity index (χ1v) is 12.2. The molecule has 0 spiro atoms. The number of carbonyl (C=O) groups excluding carboxylic acids is 3. The average Bonchev–Trinajstić information content (AvgIpc) is 3.62. The van der Waals surface area contributed by atoms with Crippen LogP contribution >= 0.6 is 0 Å². The highest BCUT2D eigenvalue weighted by Gasteiger charge is 2.32. The van der Waals surface area contributed by atoms with Gasteiger partial charge in [0.25, 0.3) is 0 Å². The summed E-state index contributed by atoms with van der Waals surface area (Å²) in [6, 6.07) is 3.17. The molecule has 0 aliphatic carbocycles. The quantitative estimate of drug-likeness (QED) is 0.108. The minimum atomic E-state index is -1.64. The van der Waals surface area contributed by atoms with Gasteiger partial charge in [-0.2, -0.15) is 0 Å². The van der Waals surface area contributed by atoms with Crippen LogP contribution in [0.25, 0.3) is 0 Å². The van der Waals surface area contributed by atoms with Crippen LogP contribution in [0.1, 0.15) is 23.4 Å². The Labute approximate surface area is 228 Å². The molecule has 0 saturated carbocycles. The lowest BCUT2D eigenvalue weighted by Gasteiger charge is -2.24. The standard InChI is InChI=1S/C25H30N8O7/c26-17(7-15-10-27-12-29-15)22(36)31-18(8-16-11-28-13-30-16)23(37)32-19(9-21(34)35)24(38)33-20(25(39)40)6-14-4-2-1-3-5-14/h1-5,10-13,17-20H,6-9,26H2,(H,27,29)(H,28,30)(H,31,36)(H,32,37)(H,33,38)(H,34,35)(H,39,40). The highest BCUT2D eigenvalue weighted by Crippen LogP contribution is 2.07. The highest BCUT2D eigenvalue weighted by atomic mass is 16.4. The summed E-state index contributed by atoms with van der Waals surface area (Å²) >= 11 is 0. The molecule has 212 valence electrons. The summed E-state index contributed by atoms with van der Waals surface area (Å²) in [5, 5.41) is 26.1. The molecule has 0 radical (unpaired) electrons. The van der Waals surface area contributed by atoms with Crippen molar-refractivity contribution in [2.45, 2.75) is 49.9 Å². The number of aromatic nitrogens is 4. The van der Waals surface area contributed by atoms with E-state index in [2.05, 4.69) is 35.9 Å². The Morgan fingerprint density at radius 3 is 1.85 bits per heavy atom. The first-order chi connectivity index (χ1) is 19.1. The van der Waals surface area contributed by atoms with Crippen molar-refractivity contribution in [3.05, 3.63) is 72.3 Å². The van der Waals surface area contributed by atoms with Crippen molar-refractivity contribution in [1.82, 2.24) is 35.9 Å². The maximum atomic E-state index is 13.2. The van der Waals surface area contributed by atoms with Gasteiger partial charge in [0.2, 0.25) is 17.7 Å². The van der Waals surface area contributed by atoms with Gasteiger partial charge in [0.05, 0.1) is 25.1 Å². The van der Waals surface area contributed by atoms with Crippen LogP contribution < -0.4 is 21.7 Å². The van der Waals surface area contributed by atoms with E-state index in [9.17, 15) is 34.2 Å². The van der Waals surface area contributed by atoms with E-state index >= 15 is 0 Å². The summed E-state index contributed by atoms with van der Waals surface area (Å²) < 4.78 is 0. The number of nitrogens with two attached hydrogens (primary N) is 1. The Morgan fingerprint density at radius 2 is 1.30 bits per heavy atom. The molecule has 15 nitrogen and oxygen atoms in total. The van der Waals surface area contributed by atoms with Gasteiger partial charge < -0.3 is 41.9 Å². The van der Waals surface area contributed by atoms with Gasteiger partial charge in [-0.25, -0.2) is 14.8 Å². The van der Waals surface area contributed by atoms with E-state index in [0.29, 0.717) is 17.0 Å². The Hall–Kier alpha value is -5.05. The van der Waals surface area contributed by atoms with Crippen molar-refractivity contribution >= 4 is 29.7 Å². The minimum Gasteiger partial charge on any atom is -0.481 e. The first-order valence-electron chi connectivity index (χ1n) is 12.2. The van der Waals surface area contributed by atoms with Crippen molar-refractivity contribution in [3.63, 3.8) is 0 Å². The Balaban J connectivity index is 1.73. The van der Waals surface area contributed by atoms with Crippen molar-refractivity contribution in [2.75, 3.05) is 0 Å². The predicted octanol–water partition coefficient (Wildman–Crippen LogP) is -1.50. The second kappa shape index (κ2) is 14.2. The van der Waals surface area contributed by atoms with Gasteiger partial charge in [0.15, 0.2) is 0 Å². The maximum absolute atomic E-state index is 13.2. The van der Waals surface area contributed by atoms with Crippen LogP contribution in [-0.2, 0) is 43.2 Å². The second-order valence-electron chi connectivity index (χ2n) is 8.98. The number of carboxylic acid groups (broad SMARTS) is 2. The molecule has 0 aliphatic rings. The van der Waals surface area contributed by atoms with Gasteiger partial charge in [-0.1, -0.05) is 30.3 Å². The average molecular weight is 555 g/mol. The van der Waals surface area contributed by atoms with Gasteiger partial charge >= 0.3 is 11.9 Å². The first kappa shape index (κ1) is 29.5. The fourth-order valence-electron chi connectivity index (χ4n) is 3.81. The molecule has 0 fully saturated rings. The summed E-state index contributed by atoms with van der Waals surface area (Å²) in [6.07, 6.45) is 4.85. The molecule has 15 heteroatoms. The number of nitrogens with one attached hydrogen (secondary N) is 5. The summed E-state index contributed by atoms with van der Waals surface area (Å²) in [5.41, 5.74) is 7.67. The number of H-pyrrole nitrogens is 2. The van der Waals surface area contributed by atoms with E-state index in [-0.39, 0.29) is 19.3 Å².